The minimum Gasteiger partial charge on any atom is -0.321 e. The third kappa shape index (κ3) is 4.17. The van der Waals surface area contributed by atoms with Gasteiger partial charge in [0.05, 0.1) is 16.7 Å². The van der Waals surface area contributed by atoms with E-state index < -0.39 is 5.82 Å². The number of thiophene rings is 1. The number of carbonyl (C=O) groups is 2. The van der Waals surface area contributed by atoms with Gasteiger partial charge in [0, 0.05) is 5.69 Å². The van der Waals surface area contributed by atoms with Gasteiger partial charge in [-0.2, -0.15) is 5.10 Å². The zero-order valence-electron chi connectivity index (χ0n) is 15.5. The molecule has 2 amide bonds. The Hall–Kier alpha value is -3.52. The van der Waals surface area contributed by atoms with Gasteiger partial charge in [0.25, 0.3) is 5.91 Å². The Bertz CT molecular complexity index is 1210. The van der Waals surface area contributed by atoms with Gasteiger partial charge in [0.1, 0.15) is 16.5 Å². The number of aromatic nitrogens is 2. The van der Waals surface area contributed by atoms with Gasteiger partial charge in [-0.3, -0.25) is 14.7 Å². The summed E-state index contributed by atoms with van der Waals surface area (Å²) in [6.45, 7) is 1.95. The highest BCUT2D eigenvalue weighted by Crippen LogP contribution is 2.30. The van der Waals surface area contributed by atoms with Crippen molar-refractivity contribution in [1.82, 2.24) is 10.2 Å². The quantitative estimate of drug-likeness (QED) is 0.454. The Morgan fingerprint density at radius 2 is 1.93 bits per heavy atom. The molecule has 3 N–H and O–H groups in total. The molecule has 0 atom stereocenters. The van der Waals surface area contributed by atoms with Gasteiger partial charge in [-0.1, -0.05) is 30.3 Å². The van der Waals surface area contributed by atoms with E-state index in [4.69, 9.17) is 0 Å². The normalized spacial score (nSPS) is 10.8. The maximum Gasteiger partial charge on any atom is 0.265 e. The van der Waals surface area contributed by atoms with Crippen LogP contribution in [0.3, 0.4) is 0 Å². The number of nitrogens with zero attached hydrogens (tertiary/aromatic N) is 1. The van der Waals surface area contributed by atoms with Crippen LogP contribution >= 0.6 is 11.3 Å². The molecular formula is C21H17FN4O2S. The van der Waals surface area contributed by atoms with Gasteiger partial charge in [-0.15, -0.1) is 11.3 Å². The summed E-state index contributed by atoms with van der Waals surface area (Å²) >= 11 is 1.22. The first-order valence-electron chi connectivity index (χ1n) is 8.89. The Kier molecular flexibility index (Phi) is 5.09. The van der Waals surface area contributed by atoms with Crippen molar-refractivity contribution < 1.29 is 14.0 Å². The van der Waals surface area contributed by atoms with Gasteiger partial charge in [0.2, 0.25) is 5.91 Å². The summed E-state index contributed by atoms with van der Waals surface area (Å²) in [7, 11) is 0. The van der Waals surface area contributed by atoms with Crippen LogP contribution in [0.4, 0.5) is 15.9 Å². The number of amides is 2. The lowest BCUT2D eigenvalue weighted by Crippen LogP contribution is -2.15. The van der Waals surface area contributed by atoms with Crippen LogP contribution in [0.2, 0.25) is 0 Å². The number of carbonyl (C=O) groups excluding carboxylic acids is 2. The topological polar surface area (TPSA) is 86.9 Å². The second-order valence-corrected chi connectivity index (χ2v) is 7.60. The molecule has 146 valence electrons. The fourth-order valence-corrected chi connectivity index (χ4v) is 3.82. The molecule has 2 heterocycles. The second-order valence-electron chi connectivity index (χ2n) is 6.57. The molecule has 0 saturated carbocycles. The highest BCUT2D eigenvalue weighted by Gasteiger charge is 2.17. The number of fused-ring (bicyclic) bond motifs is 1. The zero-order valence-corrected chi connectivity index (χ0v) is 16.3. The van der Waals surface area contributed by atoms with E-state index >= 15 is 0 Å². The van der Waals surface area contributed by atoms with Crippen molar-refractivity contribution in [3.63, 3.8) is 0 Å². The molecule has 0 saturated heterocycles. The predicted molar refractivity (Wildman–Crippen MR) is 112 cm³/mol. The van der Waals surface area contributed by atoms with Gasteiger partial charge in [0.15, 0.2) is 0 Å². The summed E-state index contributed by atoms with van der Waals surface area (Å²) in [5.74, 6) is -0.671. The van der Waals surface area contributed by atoms with Crippen LogP contribution in [0.5, 0.6) is 0 Å². The van der Waals surface area contributed by atoms with Crippen molar-refractivity contribution >= 4 is 44.9 Å². The first-order valence-corrected chi connectivity index (χ1v) is 9.70. The van der Waals surface area contributed by atoms with Gasteiger partial charge in [-0.25, -0.2) is 4.39 Å². The summed E-state index contributed by atoms with van der Waals surface area (Å²) in [5, 5.41) is 13.1. The molecule has 0 aliphatic heterocycles. The van der Waals surface area contributed by atoms with Crippen molar-refractivity contribution in [2.45, 2.75) is 13.3 Å². The molecule has 2 aromatic carbocycles. The van der Waals surface area contributed by atoms with E-state index in [1.807, 2.05) is 31.2 Å². The van der Waals surface area contributed by atoms with Crippen LogP contribution < -0.4 is 10.6 Å². The SMILES string of the molecule is Cc1cccc(NC(=O)c2cc3c(NC(=O)Cc4ccccc4F)[nH]nc3s2)c1. The number of H-pyrrole nitrogens is 1. The number of hydrogen-bond acceptors (Lipinski definition) is 4. The molecule has 0 unspecified atom stereocenters. The number of nitrogens with one attached hydrogen (secondary N) is 3. The fraction of sp³-hybridized carbons (Fsp3) is 0.0952. The van der Waals surface area contributed by atoms with E-state index in [1.54, 1.807) is 24.3 Å². The van der Waals surface area contributed by atoms with Gasteiger partial charge < -0.3 is 10.6 Å². The minimum absolute atomic E-state index is 0.0992. The van der Waals surface area contributed by atoms with Gasteiger partial charge in [-0.05, 0) is 42.3 Å². The molecule has 4 rings (SSSR count). The van der Waals surface area contributed by atoms with E-state index in [9.17, 15) is 14.0 Å². The van der Waals surface area contributed by atoms with Crippen LogP contribution in [-0.4, -0.2) is 22.0 Å². The van der Waals surface area contributed by atoms with Gasteiger partial charge >= 0.3 is 0 Å². The smallest absolute Gasteiger partial charge is 0.265 e. The van der Waals surface area contributed by atoms with E-state index in [0.717, 1.165) is 5.56 Å². The number of aryl methyl sites for hydroxylation is 1. The lowest BCUT2D eigenvalue weighted by Gasteiger charge is -2.05. The summed E-state index contributed by atoms with van der Waals surface area (Å²) in [6.07, 6.45) is -0.0992. The molecule has 2 aromatic heterocycles. The lowest BCUT2D eigenvalue weighted by atomic mass is 10.1. The van der Waals surface area contributed by atoms with Crippen molar-refractivity contribution in [3.05, 3.63) is 76.4 Å². The monoisotopic (exact) mass is 408 g/mol. The summed E-state index contributed by atoms with van der Waals surface area (Å²) < 4.78 is 13.7. The number of hydrogen-bond donors (Lipinski definition) is 3. The highest BCUT2D eigenvalue weighted by molar-refractivity contribution is 7.20. The molecular weight excluding hydrogens is 391 g/mol. The number of halogens is 1. The predicted octanol–water partition coefficient (Wildman–Crippen LogP) is 4.51. The third-order valence-corrected chi connectivity index (χ3v) is 5.35. The van der Waals surface area contributed by atoms with Crippen LogP contribution in [0.1, 0.15) is 20.8 Å². The minimum atomic E-state index is -0.428. The highest BCUT2D eigenvalue weighted by atomic mass is 32.1. The average Bonchev–Trinajstić information content (AvgIpc) is 3.26. The molecule has 0 aliphatic rings. The molecule has 0 fully saturated rings. The van der Waals surface area contributed by atoms with E-state index in [2.05, 4.69) is 20.8 Å². The molecule has 0 bridgehead atoms. The number of benzene rings is 2. The first kappa shape index (κ1) is 18.8. The Morgan fingerprint density at radius 3 is 2.72 bits per heavy atom. The van der Waals surface area contributed by atoms with E-state index in [0.29, 0.717) is 32.2 Å². The zero-order chi connectivity index (χ0) is 20.4. The fourth-order valence-electron chi connectivity index (χ4n) is 2.93. The number of aromatic amines is 1. The molecule has 0 aliphatic carbocycles. The van der Waals surface area contributed by atoms with Crippen molar-refractivity contribution in [2.75, 3.05) is 10.6 Å². The first-order chi connectivity index (χ1) is 14.0. The van der Waals surface area contributed by atoms with E-state index in [1.165, 1.54) is 17.4 Å². The van der Waals surface area contributed by atoms with Crippen molar-refractivity contribution in [2.24, 2.45) is 0 Å². The molecule has 6 nitrogen and oxygen atoms in total. The number of anilines is 2. The molecule has 29 heavy (non-hydrogen) atoms. The summed E-state index contributed by atoms with van der Waals surface area (Å²) in [5.41, 5.74) is 2.06. The van der Waals surface area contributed by atoms with Crippen molar-refractivity contribution in [3.8, 4) is 0 Å². The van der Waals surface area contributed by atoms with Crippen molar-refractivity contribution in [1.29, 1.82) is 0 Å². The maximum atomic E-state index is 13.7. The van der Waals surface area contributed by atoms with Crippen LogP contribution in [0.15, 0.2) is 54.6 Å². The maximum absolute atomic E-state index is 13.7. The Balaban J connectivity index is 1.49. The molecule has 0 spiro atoms. The van der Waals surface area contributed by atoms with Crippen LogP contribution in [-0.2, 0) is 11.2 Å². The largest absolute Gasteiger partial charge is 0.321 e. The summed E-state index contributed by atoms with van der Waals surface area (Å²) in [4.78, 5) is 25.9. The average molecular weight is 408 g/mol. The number of rotatable bonds is 5. The molecule has 4 aromatic rings. The van der Waals surface area contributed by atoms with E-state index in [-0.39, 0.29) is 18.2 Å². The lowest BCUT2D eigenvalue weighted by molar-refractivity contribution is -0.115. The second kappa shape index (κ2) is 7.84. The molecule has 0 radical (unpaired) electrons. The summed E-state index contributed by atoms with van der Waals surface area (Å²) in [6, 6.07) is 15.3. The third-order valence-electron chi connectivity index (χ3n) is 4.32. The Morgan fingerprint density at radius 1 is 1.10 bits per heavy atom. The Labute approximate surface area is 169 Å². The standard InChI is InChI=1S/C21H17FN4O2S/c1-12-5-4-7-14(9-12)23-20(28)17-11-15-19(25-26-21(15)29-17)24-18(27)10-13-6-2-3-8-16(13)22/h2-9,11H,10H2,1H3,(H,23,28)(H2,24,25,26,27). The van der Waals surface area contributed by atoms with Crippen LogP contribution in [0, 0.1) is 12.7 Å². The molecule has 8 heteroatoms. The van der Waals surface area contributed by atoms with Crippen LogP contribution in [0.25, 0.3) is 10.2 Å².